The Balaban J connectivity index is 1.78. The molecule has 0 radical (unpaired) electrons. The summed E-state index contributed by atoms with van der Waals surface area (Å²) in [6.45, 7) is 0.492. The lowest BCUT2D eigenvalue weighted by molar-refractivity contribution is 0.0951. The first-order chi connectivity index (χ1) is 10.8. The van der Waals surface area contributed by atoms with Gasteiger partial charge in [0, 0.05) is 24.5 Å². The van der Waals surface area contributed by atoms with Crippen molar-refractivity contribution in [1.29, 1.82) is 0 Å². The van der Waals surface area contributed by atoms with Gasteiger partial charge >= 0.3 is 0 Å². The van der Waals surface area contributed by atoms with Crippen LogP contribution in [0.4, 0.5) is 0 Å². The monoisotopic (exact) mass is 288 g/mol. The van der Waals surface area contributed by atoms with Crippen molar-refractivity contribution >= 4 is 5.91 Å². The number of carbonyl (C=O) groups is 1. The molecule has 0 saturated carbocycles. The van der Waals surface area contributed by atoms with E-state index in [0.29, 0.717) is 12.1 Å². The highest BCUT2D eigenvalue weighted by Gasteiger charge is 2.07. The van der Waals surface area contributed by atoms with E-state index in [1.165, 1.54) is 0 Å². The van der Waals surface area contributed by atoms with E-state index in [0.717, 1.165) is 16.7 Å². The molecule has 3 nitrogen and oxygen atoms in total. The molecule has 1 heterocycles. The molecule has 1 aromatic heterocycles. The summed E-state index contributed by atoms with van der Waals surface area (Å²) in [5, 5.41) is 2.96. The van der Waals surface area contributed by atoms with Crippen LogP contribution in [0.5, 0.6) is 0 Å². The van der Waals surface area contributed by atoms with Gasteiger partial charge in [0.15, 0.2) is 0 Å². The number of hydrogen-bond acceptors (Lipinski definition) is 2. The zero-order chi connectivity index (χ0) is 15.2. The fraction of sp³-hybridized carbons (Fsp3) is 0.0526. The largest absolute Gasteiger partial charge is 0.348 e. The number of hydrogen-bond donors (Lipinski definition) is 1. The smallest absolute Gasteiger partial charge is 0.251 e. The second-order valence-electron chi connectivity index (χ2n) is 4.94. The van der Waals surface area contributed by atoms with E-state index in [2.05, 4.69) is 28.5 Å². The first kappa shape index (κ1) is 14.0. The molecule has 0 fully saturated rings. The summed E-state index contributed by atoms with van der Waals surface area (Å²) in [6.07, 6.45) is 3.24. The predicted octanol–water partition coefficient (Wildman–Crippen LogP) is 3.68. The molecule has 3 heteroatoms. The zero-order valence-corrected chi connectivity index (χ0v) is 12.1. The van der Waals surface area contributed by atoms with Crippen LogP contribution in [-0.4, -0.2) is 10.9 Å². The molecule has 0 atom stereocenters. The number of nitrogens with zero attached hydrogens (tertiary/aromatic N) is 1. The molecule has 0 unspecified atom stereocenters. The number of nitrogens with one attached hydrogen (secondary N) is 1. The molecular formula is C19H16N2O. The van der Waals surface area contributed by atoms with Gasteiger partial charge in [-0.2, -0.15) is 0 Å². The maximum atomic E-state index is 12.1. The molecule has 3 rings (SSSR count). The van der Waals surface area contributed by atoms with Crippen LogP contribution < -0.4 is 5.32 Å². The minimum Gasteiger partial charge on any atom is -0.348 e. The van der Waals surface area contributed by atoms with Gasteiger partial charge in [0.25, 0.3) is 5.91 Å². The number of benzene rings is 2. The quantitative estimate of drug-likeness (QED) is 0.795. The van der Waals surface area contributed by atoms with Crippen LogP contribution in [0.1, 0.15) is 15.9 Å². The highest BCUT2D eigenvalue weighted by atomic mass is 16.1. The standard InChI is InChI=1S/C19H16N2O/c22-19(16-10-12-20-13-11-16)21-14-17-8-4-5-9-18(17)15-6-2-1-3-7-15/h1-13H,14H2,(H,21,22). The molecule has 0 aliphatic carbocycles. The van der Waals surface area contributed by atoms with Gasteiger partial charge < -0.3 is 5.32 Å². The number of carbonyl (C=O) groups excluding carboxylic acids is 1. The Morgan fingerprint density at radius 1 is 0.864 bits per heavy atom. The van der Waals surface area contributed by atoms with Crippen LogP contribution in [-0.2, 0) is 6.54 Å². The Morgan fingerprint density at radius 3 is 2.32 bits per heavy atom. The van der Waals surface area contributed by atoms with Crippen molar-refractivity contribution in [3.8, 4) is 11.1 Å². The third-order valence-electron chi connectivity index (χ3n) is 3.48. The number of rotatable bonds is 4. The van der Waals surface area contributed by atoms with Gasteiger partial charge in [-0.3, -0.25) is 9.78 Å². The maximum absolute atomic E-state index is 12.1. The second kappa shape index (κ2) is 6.68. The lowest BCUT2D eigenvalue weighted by Crippen LogP contribution is -2.23. The van der Waals surface area contributed by atoms with Crippen LogP contribution in [0, 0.1) is 0 Å². The molecular weight excluding hydrogens is 272 g/mol. The lowest BCUT2D eigenvalue weighted by Gasteiger charge is -2.11. The molecule has 0 bridgehead atoms. The zero-order valence-electron chi connectivity index (χ0n) is 12.1. The first-order valence-corrected chi connectivity index (χ1v) is 7.16. The molecule has 1 N–H and O–H groups in total. The van der Waals surface area contributed by atoms with Crippen LogP contribution in [0.15, 0.2) is 79.1 Å². The summed E-state index contributed by atoms with van der Waals surface area (Å²) in [4.78, 5) is 16.0. The predicted molar refractivity (Wildman–Crippen MR) is 87.3 cm³/mol. The van der Waals surface area contributed by atoms with Crippen molar-refractivity contribution in [3.05, 3.63) is 90.3 Å². The Morgan fingerprint density at radius 2 is 1.55 bits per heavy atom. The van der Waals surface area contributed by atoms with Gasteiger partial charge in [0.05, 0.1) is 0 Å². The summed E-state index contributed by atoms with van der Waals surface area (Å²) in [5.74, 6) is -0.0923. The minimum atomic E-state index is -0.0923. The molecule has 0 aliphatic rings. The van der Waals surface area contributed by atoms with Gasteiger partial charge in [-0.05, 0) is 28.8 Å². The van der Waals surface area contributed by atoms with E-state index >= 15 is 0 Å². The van der Waals surface area contributed by atoms with Crippen molar-refractivity contribution in [1.82, 2.24) is 10.3 Å². The van der Waals surface area contributed by atoms with Crippen molar-refractivity contribution in [2.24, 2.45) is 0 Å². The topological polar surface area (TPSA) is 42.0 Å². The van der Waals surface area contributed by atoms with Gasteiger partial charge in [-0.25, -0.2) is 0 Å². The normalized spacial score (nSPS) is 10.2. The summed E-state index contributed by atoms with van der Waals surface area (Å²) < 4.78 is 0. The lowest BCUT2D eigenvalue weighted by atomic mass is 10.00. The molecule has 2 aromatic carbocycles. The third kappa shape index (κ3) is 3.20. The minimum absolute atomic E-state index is 0.0923. The summed E-state index contributed by atoms with van der Waals surface area (Å²) in [6, 6.07) is 21.7. The van der Waals surface area contributed by atoms with E-state index in [1.807, 2.05) is 36.4 Å². The average molecular weight is 288 g/mol. The molecule has 1 amide bonds. The maximum Gasteiger partial charge on any atom is 0.251 e. The highest BCUT2D eigenvalue weighted by Crippen LogP contribution is 2.23. The SMILES string of the molecule is O=C(NCc1ccccc1-c1ccccc1)c1ccncc1. The average Bonchev–Trinajstić information content (AvgIpc) is 2.61. The fourth-order valence-electron chi connectivity index (χ4n) is 2.35. The summed E-state index contributed by atoms with van der Waals surface area (Å²) in [5.41, 5.74) is 4.00. The van der Waals surface area contributed by atoms with Gasteiger partial charge in [0.2, 0.25) is 0 Å². The number of pyridine rings is 1. The van der Waals surface area contributed by atoms with Crippen molar-refractivity contribution in [3.63, 3.8) is 0 Å². The molecule has 0 saturated heterocycles. The van der Waals surface area contributed by atoms with E-state index in [1.54, 1.807) is 24.5 Å². The molecule has 3 aromatic rings. The summed E-state index contributed by atoms with van der Waals surface area (Å²) in [7, 11) is 0. The van der Waals surface area contributed by atoms with Gasteiger partial charge in [-0.1, -0.05) is 54.6 Å². The molecule has 22 heavy (non-hydrogen) atoms. The van der Waals surface area contributed by atoms with Crippen LogP contribution in [0.2, 0.25) is 0 Å². The third-order valence-corrected chi connectivity index (χ3v) is 3.48. The van der Waals surface area contributed by atoms with Gasteiger partial charge in [-0.15, -0.1) is 0 Å². The van der Waals surface area contributed by atoms with E-state index in [9.17, 15) is 4.79 Å². The highest BCUT2D eigenvalue weighted by molar-refractivity contribution is 5.94. The Kier molecular flexibility index (Phi) is 4.25. The summed E-state index contributed by atoms with van der Waals surface area (Å²) >= 11 is 0. The van der Waals surface area contributed by atoms with Crippen molar-refractivity contribution in [2.75, 3.05) is 0 Å². The fourth-order valence-corrected chi connectivity index (χ4v) is 2.35. The van der Waals surface area contributed by atoms with Gasteiger partial charge in [0.1, 0.15) is 0 Å². The van der Waals surface area contributed by atoms with E-state index in [-0.39, 0.29) is 5.91 Å². The molecule has 0 aliphatic heterocycles. The van der Waals surface area contributed by atoms with Crippen LogP contribution in [0.25, 0.3) is 11.1 Å². The number of amides is 1. The van der Waals surface area contributed by atoms with Crippen molar-refractivity contribution < 1.29 is 4.79 Å². The number of aromatic nitrogens is 1. The second-order valence-corrected chi connectivity index (χ2v) is 4.94. The molecule has 108 valence electrons. The molecule has 0 spiro atoms. The van der Waals surface area contributed by atoms with Crippen molar-refractivity contribution in [2.45, 2.75) is 6.54 Å². The van der Waals surface area contributed by atoms with E-state index in [4.69, 9.17) is 0 Å². The van der Waals surface area contributed by atoms with E-state index < -0.39 is 0 Å². The Hall–Kier alpha value is -2.94. The van der Waals surface area contributed by atoms with Crippen LogP contribution in [0.3, 0.4) is 0 Å². The Bertz CT molecular complexity index is 755. The van der Waals surface area contributed by atoms with Crippen LogP contribution >= 0.6 is 0 Å². The Labute approximate surface area is 129 Å². The first-order valence-electron chi connectivity index (χ1n) is 7.16.